The van der Waals surface area contributed by atoms with E-state index in [1.54, 1.807) is 0 Å². The molecular weight excluding hydrogens is 237 g/mol. The molecule has 0 aromatic heterocycles. The van der Waals surface area contributed by atoms with Crippen LogP contribution in [0.15, 0.2) is 0 Å². The van der Waals surface area contributed by atoms with Crippen LogP contribution in [0.3, 0.4) is 0 Å². The van der Waals surface area contributed by atoms with E-state index in [4.69, 9.17) is 19.8 Å². The largest absolute Gasteiger partial charge is 0.480 e. The first-order valence-corrected chi connectivity index (χ1v) is 6.70. The molecule has 0 saturated carbocycles. The first-order chi connectivity index (χ1) is 7.31. The summed E-state index contributed by atoms with van der Waals surface area (Å²) in [5.74, 6) is -2.58. The van der Waals surface area contributed by atoms with Crippen LogP contribution in [-0.2, 0) is 9.59 Å². The number of ketones is 1. The van der Waals surface area contributed by atoms with Gasteiger partial charge in [0.15, 0.2) is 11.9 Å². The van der Waals surface area contributed by atoms with Crippen LogP contribution in [0.1, 0.15) is 12.8 Å². The Kier molecular flexibility index (Phi) is 4.35. The van der Waals surface area contributed by atoms with Gasteiger partial charge in [-0.25, -0.2) is 0 Å². The Bertz CT molecular complexity index is 289. The summed E-state index contributed by atoms with van der Waals surface area (Å²) in [6, 6.07) is -1.01. The van der Waals surface area contributed by atoms with E-state index in [0.29, 0.717) is 19.4 Å². The van der Waals surface area contributed by atoms with Gasteiger partial charge in [0.05, 0.1) is 0 Å². The average Bonchev–Trinajstić information content (AvgIpc) is 2.15. The number of piperidine rings is 1. The van der Waals surface area contributed by atoms with Crippen molar-refractivity contribution in [2.75, 3.05) is 12.7 Å². The summed E-state index contributed by atoms with van der Waals surface area (Å²) < 4.78 is 0. The first-order valence-electron chi connectivity index (χ1n) is 4.86. The minimum atomic E-state index is -4.17. The molecule has 1 aliphatic rings. The van der Waals surface area contributed by atoms with Crippen molar-refractivity contribution in [3.8, 4) is 0 Å². The SMILES string of the molecule is O=C(C[P+](O)(O)O)C1CCCNC1C(=O)O. The first kappa shape index (κ1) is 13.5. The molecule has 1 aliphatic heterocycles. The van der Waals surface area contributed by atoms with Crippen LogP contribution in [0.25, 0.3) is 0 Å². The zero-order valence-electron chi connectivity index (χ0n) is 8.54. The Morgan fingerprint density at radius 3 is 2.44 bits per heavy atom. The van der Waals surface area contributed by atoms with Gasteiger partial charge in [0.1, 0.15) is 6.04 Å². The van der Waals surface area contributed by atoms with Crippen molar-refractivity contribution in [3.63, 3.8) is 0 Å². The molecule has 1 heterocycles. The molecule has 5 N–H and O–H groups in total. The van der Waals surface area contributed by atoms with Gasteiger partial charge < -0.3 is 10.4 Å². The van der Waals surface area contributed by atoms with Crippen LogP contribution in [0.5, 0.6) is 0 Å². The van der Waals surface area contributed by atoms with Crippen LogP contribution in [0.2, 0.25) is 0 Å². The van der Waals surface area contributed by atoms with Crippen molar-refractivity contribution in [3.05, 3.63) is 0 Å². The number of hydrogen-bond acceptors (Lipinski definition) is 6. The van der Waals surface area contributed by atoms with E-state index in [0.717, 1.165) is 0 Å². The predicted octanol–water partition coefficient (Wildman–Crippen LogP) is -1.25. The molecule has 0 bridgehead atoms. The Labute approximate surface area is 92.7 Å². The lowest BCUT2D eigenvalue weighted by Crippen LogP contribution is -2.50. The number of carbonyl (C=O) groups is 2. The molecule has 16 heavy (non-hydrogen) atoms. The molecular formula is C8H15NO6P+. The van der Waals surface area contributed by atoms with Gasteiger partial charge in [-0.15, -0.1) is 0 Å². The number of Topliss-reactive ketones (excluding diaryl/α,β-unsaturated/α-hetero) is 1. The van der Waals surface area contributed by atoms with Crippen LogP contribution >= 0.6 is 7.94 Å². The highest BCUT2D eigenvalue weighted by Gasteiger charge is 2.42. The van der Waals surface area contributed by atoms with Crippen molar-refractivity contribution in [1.29, 1.82) is 0 Å². The van der Waals surface area contributed by atoms with Gasteiger partial charge in [0.25, 0.3) is 0 Å². The van der Waals surface area contributed by atoms with Crippen LogP contribution in [0.4, 0.5) is 0 Å². The number of nitrogens with one attached hydrogen (secondary N) is 1. The molecule has 7 nitrogen and oxygen atoms in total. The summed E-state index contributed by atoms with van der Waals surface area (Å²) >= 11 is 0. The number of carboxylic acids is 1. The molecule has 92 valence electrons. The summed E-state index contributed by atoms with van der Waals surface area (Å²) in [7, 11) is -4.17. The van der Waals surface area contributed by atoms with Crippen LogP contribution in [0, 0.1) is 5.92 Å². The smallest absolute Gasteiger partial charge is 0.411 e. The summed E-state index contributed by atoms with van der Waals surface area (Å²) in [5, 5.41) is 11.5. The van der Waals surface area contributed by atoms with E-state index in [9.17, 15) is 9.59 Å². The average molecular weight is 252 g/mol. The Morgan fingerprint density at radius 1 is 1.31 bits per heavy atom. The molecule has 2 atom stereocenters. The standard InChI is InChI=1S/C8H14NO6P/c10-6(4-16(13,14)15)5-2-1-3-9-7(5)8(11)12/h5,7,9,13-15H,1-4H2/p+1. The van der Waals surface area contributed by atoms with E-state index >= 15 is 0 Å². The number of carbonyl (C=O) groups excluding carboxylic acids is 1. The van der Waals surface area contributed by atoms with Crippen molar-refractivity contribution >= 4 is 19.7 Å². The lowest BCUT2D eigenvalue weighted by Gasteiger charge is -2.28. The molecule has 1 fully saturated rings. The van der Waals surface area contributed by atoms with Gasteiger partial charge >= 0.3 is 13.9 Å². The maximum atomic E-state index is 11.6. The van der Waals surface area contributed by atoms with Gasteiger partial charge in [0, 0.05) is 5.92 Å². The second-order valence-electron chi connectivity index (χ2n) is 3.84. The lowest BCUT2D eigenvalue weighted by atomic mass is 9.88. The quantitative estimate of drug-likeness (QED) is 0.395. The second kappa shape index (κ2) is 5.16. The van der Waals surface area contributed by atoms with E-state index in [-0.39, 0.29) is 0 Å². The monoisotopic (exact) mass is 252 g/mol. The van der Waals surface area contributed by atoms with Gasteiger partial charge in [-0.3, -0.25) is 9.59 Å². The second-order valence-corrected chi connectivity index (χ2v) is 5.54. The molecule has 8 heteroatoms. The van der Waals surface area contributed by atoms with Crippen molar-refractivity contribution in [2.45, 2.75) is 18.9 Å². The molecule has 0 aromatic carbocycles. The fourth-order valence-corrected chi connectivity index (χ4v) is 2.47. The third-order valence-corrected chi connectivity index (χ3v) is 3.24. The molecule has 0 spiro atoms. The summed E-state index contributed by atoms with van der Waals surface area (Å²) in [4.78, 5) is 48.7. The summed E-state index contributed by atoms with van der Waals surface area (Å²) in [5.41, 5.74) is 0. The summed E-state index contributed by atoms with van der Waals surface area (Å²) in [6.45, 7) is 0.512. The van der Waals surface area contributed by atoms with Crippen LogP contribution in [-0.4, -0.2) is 50.3 Å². The van der Waals surface area contributed by atoms with E-state index in [1.807, 2.05) is 0 Å². The van der Waals surface area contributed by atoms with Crippen LogP contribution < -0.4 is 5.32 Å². The third-order valence-electron chi connectivity index (χ3n) is 2.51. The Balaban J connectivity index is 2.68. The number of carboxylic acid groups (broad SMARTS) is 1. The van der Waals surface area contributed by atoms with E-state index < -0.39 is 37.8 Å². The normalized spacial score (nSPS) is 26.4. The third kappa shape index (κ3) is 3.77. The molecule has 0 amide bonds. The Morgan fingerprint density at radius 2 is 1.94 bits per heavy atom. The zero-order valence-corrected chi connectivity index (χ0v) is 9.43. The highest BCUT2D eigenvalue weighted by atomic mass is 31.2. The lowest BCUT2D eigenvalue weighted by molar-refractivity contribution is -0.144. The molecule has 1 saturated heterocycles. The molecule has 0 radical (unpaired) electrons. The minimum Gasteiger partial charge on any atom is -0.480 e. The maximum absolute atomic E-state index is 11.6. The number of rotatable bonds is 4. The van der Waals surface area contributed by atoms with Gasteiger partial charge in [-0.1, -0.05) is 0 Å². The molecule has 2 unspecified atom stereocenters. The molecule has 0 aromatic rings. The maximum Gasteiger partial charge on any atom is 0.411 e. The van der Waals surface area contributed by atoms with Crippen molar-refractivity contribution in [2.24, 2.45) is 5.92 Å². The number of aliphatic carboxylic acids is 1. The fraction of sp³-hybridized carbons (Fsp3) is 0.750. The highest BCUT2D eigenvalue weighted by molar-refractivity contribution is 7.59. The topological polar surface area (TPSA) is 127 Å². The van der Waals surface area contributed by atoms with Crippen molar-refractivity contribution in [1.82, 2.24) is 5.32 Å². The van der Waals surface area contributed by atoms with E-state index in [1.165, 1.54) is 0 Å². The van der Waals surface area contributed by atoms with Gasteiger partial charge in [-0.05, 0) is 19.4 Å². The minimum absolute atomic E-state index is 0.378. The Hall–Kier alpha value is -0.590. The van der Waals surface area contributed by atoms with Gasteiger partial charge in [-0.2, -0.15) is 14.7 Å². The highest BCUT2D eigenvalue weighted by Crippen LogP contribution is 2.45. The van der Waals surface area contributed by atoms with E-state index in [2.05, 4.69) is 5.32 Å². The predicted molar refractivity (Wildman–Crippen MR) is 55.6 cm³/mol. The fourth-order valence-electron chi connectivity index (χ4n) is 1.82. The van der Waals surface area contributed by atoms with Crippen molar-refractivity contribution < 1.29 is 29.4 Å². The molecule has 1 rings (SSSR count). The zero-order chi connectivity index (χ0) is 12.3. The summed E-state index contributed by atoms with van der Waals surface area (Å²) in [6.07, 6.45) is 0.250. The number of hydrogen-bond donors (Lipinski definition) is 5. The molecule has 0 aliphatic carbocycles. The van der Waals surface area contributed by atoms with Gasteiger partial charge in [0.2, 0.25) is 0 Å².